The summed E-state index contributed by atoms with van der Waals surface area (Å²) in [5.41, 5.74) is 2.31. The number of halogens is 1. The normalized spacial score (nSPS) is 11.2. The van der Waals surface area contributed by atoms with Gasteiger partial charge in [-0.2, -0.15) is 5.10 Å². The van der Waals surface area contributed by atoms with Gasteiger partial charge in [0.15, 0.2) is 11.3 Å². The first kappa shape index (κ1) is 16.3. The number of aromatic nitrogens is 5. The van der Waals surface area contributed by atoms with E-state index >= 15 is 0 Å². The van der Waals surface area contributed by atoms with Crippen molar-refractivity contribution in [3.8, 4) is 0 Å². The zero-order valence-corrected chi connectivity index (χ0v) is 14.6. The summed E-state index contributed by atoms with van der Waals surface area (Å²) in [5, 5.41) is 8.19. The topological polar surface area (TPSA) is 85.6 Å². The monoisotopic (exact) mass is 344 g/mol. The van der Waals surface area contributed by atoms with Gasteiger partial charge in [-0.15, -0.1) is 0 Å². The molecule has 0 radical (unpaired) electrons. The van der Waals surface area contributed by atoms with Crippen molar-refractivity contribution in [1.29, 1.82) is 0 Å². The number of hydrogen-bond donors (Lipinski definition) is 1. The summed E-state index contributed by atoms with van der Waals surface area (Å²) in [6, 6.07) is 1.83. The standard InChI is InChI=1S/C16H17ClN6O/c1-8(2)14-18-7-12(17)13(21-14)16(24)20-10-5-11-9(3)22-23(4)15(11)19-6-10/h5-8H,1-4H3,(H,20,24). The number of carbonyl (C=O) groups excluding carboxylic acids is 1. The highest BCUT2D eigenvalue weighted by Crippen LogP contribution is 2.21. The molecular weight excluding hydrogens is 328 g/mol. The molecule has 3 aromatic rings. The van der Waals surface area contributed by atoms with Crippen LogP contribution in [-0.2, 0) is 7.05 Å². The summed E-state index contributed by atoms with van der Waals surface area (Å²) in [5.74, 6) is 0.276. The molecule has 3 rings (SSSR count). The number of pyridine rings is 1. The van der Waals surface area contributed by atoms with Gasteiger partial charge < -0.3 is 5.32 Å². The lowest BCUT2D eigenvalue weighted by Crippen LogP contribution is -2.16. The molecule has 0 atom stereocenters. The third-order valence-corrected chi connectivity index (χ3v) is 3.89. The van der Waals surface area contributed by atoms with Crippen LogP contribution in [0.5, 0.6) is 0 Å². The van der Waals surface area contributed by atoms with E-state index in [1.165, 1.54) is 6.20 Å². The second-order valence-electron chi connectivity index (χ2n) is 5.84. The van der Waals surface area contributed by atoms with Crippen LogP contribution >= 0.6 is 11.6 Å². The number of nitrogens with one attached hydrogen (secondary N) is 1. The highest BCUT2D eigenvalue weighted by molar-refractivity contribution is 6.33. The number of carbonyl (C=O) groups is 1. The largest absolute Gasteiger partial charge is 0.319 e. The summed E-state index contributed by atoms with van der Waals surface area (Å²) in [6.07, 6.45) is 3.03. The summed E-state index contributed by atoms with van der Waals surface area (Å²) in [7, 11) is 1.83. The van der Waals surface area contributed by atoms with Crippen molar-refractivity contribution in [2.24, 2.45) is 7.05 Å². The quantitative estimate of drug-likeness (QED) is 0.789. The Morgan fingerprint density at radius 2 is 2.04 bits per heavy atom. The second kappa shape index (κ2) is 6.16. The van der Waals surface area contributed by atoms with E-state index in [1.54, 1.807) is 10.9 Å². The van der Waals surface area contributed by atoms with Gasteiger partial charge in [-0.1, -0.05) is 25.4 Å². The van der Waals surface area contributed by atoms with E-state index in [9.17, 15) is 4.79 Å². The van der Waals surface area contributed by atoms with Crippen LogP contribution < -0.4 is 5.32 Å². The number of anilines is 1. The Balaban J connectivity index is 1.92. The Bertz CT molecular complexity index is 934. The first-order valence-corrected chi connectivity index (χ1v) is 7.87. The predicted molar refractivity (Wildman–Crippen MR) is 92.3 cm³/mol. The van der Waals surface area contributed by atoms with Gasteiger partial charge in [0.2, 0.25) is 0 Å². The van der Waals surface area contributed by atoms with E-state index in [-0.39, 0.29) is 16.6 Å². The Morgan fingerprint density at radius 3 is 2.75 bits per heavy atom. The molecule has 8 heteroatoms. The van der Waals surface area contributed by atoms with E-state index in [2.05, 4.69) is 25.4 Å². The third kappa shape index (κ3) is 2.94. The molecule has 0 spiro atoms. The first-order chi connectivity index (χ1) is 11.4. The van der Waals surface area contributed by atoms with E-state index in [4.69, 9.17) is 11.6 Å². The number of rotatable bonds is 3. The molecule has 124 valence electrons. The molecule has 0 aromatic carbocycles. The van der Waals surface area contributed by atoms with Crippen molar-refractivity contribution in [3.05, 3.63) is 40.7 Å². The average molecular weight is 345 g/mol. The number of nitrogens with zero attached hydrogens (tertiary/aromatic N) is 5. The fourth-order valence-electron chi connectivity index (χ4n) is 2.38. The number of aryl methyl sites for hydroxylation is 2. The van der Waals surface area contributed by atoms with E-state index < -0.39 is 5.91 Å². The van der Waals surface area contributed by atoms with E-state index in [0.717, 1.165) is 16.7 Å². The van der Waals surface area contributed by atoms with E-state index in [1.807, 2.05) is 33.9 Å². The lowest BCUT2D eigenvalue weighted by atomic mass is 10.2. The molecule has 1 N–H and O–H groups in total. The van der Waals surface area contributed by atoms with Gasteiger partial charge in [-0.3, -0.25) is 9.48 Å². The lowest BCUT2D eigenvalue weighted by Gasteiger charge is -2.09. The third-order valence-electron chi connectivity index (χ3n) is 3.62. The van der Waals surface area contributed by atoms with Crippen molar-refractivity contribution in [2.45, 2.75) is 26.7 Å². The van der Waals surface area contributed by atoms with Crippen LogP contribution in [0.25, 0.3) is 11.0 Å². The SMILES string of the molecule is Cc1nn(C)c2ncc(NC(=O)c3nc(C(C)C)ncc3Cl)cc12. The Hall–Kier alpha value is -2.54. The lowest BCUT2D eigenvalue weighted by molar-refractivity contribution is 0.102. The van der Waals surface area contributed by atoms with Gasteiger partial charge in [0, 0.05) is 18.4 Å². The molecule has 3 heterocycles. The maximum atomic E-state index is 12.5. The van der Waals surface area contributed by atoms with Crippen molar-refractivity contribution in [3.63, 3.8) is 0 Å². The highest BCUT2D eigenvalue weighted by atomic mass is 35.5. The zero-order valence-electron chi connectivity index (χ0n) is 13.8. The van der Waals surface area contributed by atoms with Gasteiger partial charge in [-0.25, -0.2) is 15.0 Å². The highest BCUT2D eigenvalue weighted by Gasteiger charge is 2.16. The maximum Gasteiger partial charge on any atom is 0.275 e. The number of amides is 1. The van der Waals surface area contributed by atoms with Crippen molar-refractivity contribution in [1.82, 2.24) is 24.7 Å². The smallest absolute Gasteiger partial charge is 0.275 e. The van der Waals surface area contributed by atoms with Crippen LogP contribution in [0.3, 0.4) is 0 Å². The van der Waals surface area contributed by atoms with Crippen molar-refractivity contribution in [2.75, 3.05) is 5.32 Å². The molecule has 0 saturated carbocycles. The average Bonchev–Trinajstić information content (AvgIpc) is 2.81. The second-order valence-corrected chi connectivity index (χ2v) is 6.24. The van der Waals surface area contributed by atoms with Gasteiger partial charge >= 0.3 is 0 Å². The molecule has 1 amide bonds. The van der Waals surface area contributed by atoms with Crippen LogP contribution in [-0.4, -0.2) is 30.6 Å². The van der Waals surface area contributed by atoms with E-state index in [0.29, 0.717) is 11.5 Å². The minimum atomic E-state index is -0.396. The molecular formula is C16H17ClN6O. The minimum Gasteiger partial charge on any atom is -0.319 e. The summed E-state index contributed by atoms with van der Waals surface area (Å²) in [4.78, 5) is 25.2. The Morgan fingerprint density at radius 1 is 1.29 bits per heavy atom. The van der Waals surface area contributed by atoms with Gasteiger partial charge in [0.25, 0.3) is 5.91 Å². The first-order valence-electron chi connectivity index (χ1n) is 7.50. The molecule has 0 saturated heterocycles. The molecule has 0 unspecified atom stereocenters. The number of fused-ring (bicyclic) bond motifs is 1. The summed E-state index contributed by atoms with van der Waals surface area (Å²) >= 11 is 6.07. The molecule has 24 heavy (non-hydrogen) atoms. The molecule has 0 fully saturated rings. The van der Waals surface area contributed by atoms with Crippen molar-refractivity contribution >= 4 is 34.2 Å². The minimum absolute atomic E-state index is 0.102. The molecule has 3 aromatic heterocycles. The molecule has 0 aliphatic heterocycles. The van der Waals surface area contributed by atoms with Crippen LogP contribution in [0.1, 0.15) is 41.8 Å². The van der Waals surface area contributed by atoms with Gasteiger partial charge in [0.1, 0.15) is 5.82 Å². The fourth-order valence-corrected chi connectivity index (χ4v) is 2.56. The fraction of sp³-hybridized carbons (Fsp3) is 0.312. The maximum absolute atomic E-state index is 12.5. The van der Waals surface area contributed by atoms with Crippen LogP contribution in [0, 0.1) is 6.92 Å². The molecule has 0 aliphatic rings. The summed E-state index contributed by atoms with van der Waals surface area (Å²) < 4.78 is 1.70. The van der Waals surface area contributed by atoms with Crippen LogP contribution in [0.2, 0.25) is 5.02 Å². The Labute approximate surface area is 144 Å². The summed E-state index contributed by atoms with van der Waals surface area (Å²) in [6.45, 7) is 5.80. The molecule has 7 nitrogen and oxygen atoms in total. The Kier molecular flexibility index (Phi) is 4.19. The van der Waals surface area contributed by atoms with Gasteiger partial charge in [0.05, 0.1) is 28.8 Å². The van der Waals surface area contributed by atoms with Crippen LogP contribution in [0.4, 0.5) is 5.69 Å². The molecule has 0 aliphatic carbocycles. The van der Waals surface area contributed by atoms with Crippen molar-refractivity contribution < 1.29 is 4.79 Å². The molecule has 0 bridgehead atoms. The van der Waals surface area contributed by atoms with Gasteiger partial charge in [-0.05, 0) is 13.0 Å². The van der Waals surface area contributed by atoms with Crippen LogP contribution in [0.15, 0.2) is 18.5 Å². The predicted octanol–water partition coefficient (Wildman–Crippen LogP) is 3.10. The zero-order chi connectivity index (χ0) is 17.4. The number of hydrogen-bond acceptors (Lipinski definition) is 5.